The average molecular weight is 431 g/mol. The van der Waals surface area contributed by atoms with Crippen LogP contribution in [0.5, 0.6) is 0 Å². The van der Waals surface area contributed by atoms with E-state index in [0.717, 1.165) is 41.7 Å². The molecule has 0 aliphatic carbocycles. The molecule has 152 valence electrons. The highest BCUT2D eigenvalue weighted by molar-refractivity contribution is 7.14. The zero-order valence-corrected chi connectivity index (χ0v) is 15.0. The molecular weight excluding hydrogens is 420 g/mol. The number of carbonyl (C=O) groups is 1. The minimum Gasteiger partial charge on any atom is -0.331 e. The molecule has 0 aliphatic rings. The van der Waals surface area contributed by atoms with Crippen LogP contribution < -0.4 is 10.6 Å². The number of nitrogens with one attached hydrogen (secondary N) is 2. The zero-order chi connectivity index (χ0) is 21.2. The molecule has 1 aromatic heterocycles. The smallest absolute Gasteiger partial charge is 0.331 e. The van der Waals surface area contributed by atoms with Crippen LogP contribution >= 0.6 is 11.3 Å². The number of amides is 1. The number of hydrogen-bond acceptors (Lipinski definition) is 4. The van der Waals surface area contributed by atoms with Crippen LogP contribution in [0.4, 0.5) is 42.8 Å². The quantitative estimate of drug-likeness (QED) is 0.486. The highest BCUT2D eigenvalue weighted by Crippen LogP contribution is 2.36. The van der Waals surface area contributed by atoms with Gasteiger partial charge in [-0.15, -0.1) is 11.3 Å². The van der Waals surface area contributed by atoms with Gasteiger partial charge >= 0.3 is 12.4 Å². The molecule has 0 unspecified atom stereocenters. The lowest BCUT2D eigenvalue weighted by Crippen LogP contribution is -2.13. The first-order valence-corrected chi connectivity index (χ1v) is 8.79. The fourth-order valence-electron chi connectivity index (χ4n) is 2.33. The molecule has 0 saturated carbocycles. The highest BCUT2D eigenvalue weighted by Gasteiger charge is 2.33. The molecular formula is C18H11F6N3OS. The fourth-order valence-corrected chi connectivity index (χ4v) is 3.03. The zero-order valence-electron chi connectivity index (χ0n) is 14.2. The standard InChI is InChI=1S/C18H11F6N3OS/c19-17(20,21)10-5-7-11(8-6-10)25-15(28)14-9-29-16(27-14)26-13-4-2-1-3-12(13)18(22,23)24/h1-9H,(H,25,28)(H,26,27). The van der Waals surface area contributed by atoms with Crippen molar-refractivity contribution in [1.82, 2.24) is 4.98 Å². The van der Waals surface area contributed by atoms with Crippen LogP contribution in [0.2, 0.25) is 0 Å². The average Bonchev–Trinajstić information content (AvgIpc) is 3.10. The van der Waals surface area contributed by atoms with Crippen molar-refractivity contribution in [3.05, 3.63) is 70.7 Å². The maximum Gasteiger partial charge on any atom is 0.418 e. The van der Waals surface area contributed by atoms with E-state index in [-0.39, 0.29) is 22.2 Å². The van der Waals surface area contributed by atoms with Crippen molar-refractivity contribution in [2.75, 3.05) is 10.6 Å². The molecule has 0 atom stereocenters. The molecule has 0 aliphatic heterocycles. The Bertz CT molecular complexity index is 1010. The maximum absolute atomic E-state index is 13.0. The third kappa shape index (κ3) is 5.05. The molecule has 0 saturated heterocycles. The van der Waals surface area contributed by atoms with E-state index in [1.165, 1.54) is 23.6 Å². The van der Waals surface area contributed by atoms with E-state index in [4.69, 9.17) is 0 Å². The normalized spacial score (nSPS) is 11.9. The summed E-state index contributed by atoms with van der Waals surface area (Å²) in [6, 6.07) is 8.62. The molecule has 3 rings (SSSR count). The van der Waals surface area contributed by atoms with Gasteiger partial charge in [-0.05, 0) is 36.4 Å². The van der Waals surface area contributed by atoms with E-state index in [2.05, 4.69) is 15.6 Å². The second-order valence-corrected chi connectivity index (χ2v) is 6.59. The van der Waals surface area contributed by atoms with E-state index in [0.29, 0.717) is 0 Å². The first-order chi connectivity index (χ1) is 13.5. The van der Waals surface area contributed by atoms with E-state index in [1.807, 2.05) is 0 Å². The van der Waals surface area contributed by atoms with Crippen LogP contribution in [0, 0.1) is 0 Å². The fraction of sp³-hybridized carbons (Fsp3) is 0.111. The Morgan fingerprint density at radius 2 is 1.55 bits per heavy atom. The molecule has 0 radical (unpaired) electrons. The second-order valence-electron chi connectivity index (χ2n) is 5.74. The van der Waals surface area contributed by atoms with Crippen LogP contribution in [0.1, 0.15) is 21.6 Å². The summed E-state index contributed by atoms with van der Waals surface area (Å²) in [4.78, 5) is 16.1. The lowest BCUT2D eigenvalue weighted by molar-refractivity contribution is -0.138. The van der Waals surface area contributed by atoms with Gasteiger partial charge in [-0.2, -0.15) is 26.3 Å². The molecule has 2 N–H and O–H groups in total. The van der Waals surface area contributed by atoms with Gasteiger partial charge in [0.1, 0.15) is 5.69 Å². The summed E-state index contributed by atoms with van der Waals surface area (Å²) in [6.45, 7) is 0. The van der Waals surface area contributed by atoms with Crippen molar-refractivity contribution < 1.29 is 31.1 Å². The predicted molar refractivity (Wildman–Crippen MR) is 96.2 cm³/mol. The maximum atomic E-state index is 13.0. The number of benzene rings is 2. The number of carbonyl (C=O) groups excluding carboxylic acids is 1. The molecule has 4 nitrogen and oxygen atoms in total. The Kier molecular flexibility index (Phi) is 5.51. The van der Waals surface area contributed by atoms with E-state index < -0.39 is 29.4 Å². The summed E-state index contributed by atoms with van der Waals surface area (Å²) < 4.78 is 76.8. The number of alkyl halides is 6. The Morgan fingerprint density at radius 1 is 0.897 bits per heavy atom. The number of rotatable bonds is 4. The summed E-state index contributed by atoms with van der Waals surface area (Å²) in [5, 5.41) is 6.28. The molecule has 11 heteroatoms. The summed E-state index contributed by atoms with van der Waals surface area (Å²) in [5.41, 5.74) is -1.94. The Hall–Kier alpha value is -3.08. The minimum atomic E-state index is -4.57. The Balaban J connectivity index is 1.71. The van der Waals surface area contributed by atoms with Crippen LogP contribution in [0.15, 0.2) is 53.9 Å². The summed E-state index contributed by atoms with van der Waals surface area (Å²) in [7, 11) is 0. The van der Waals surface area contributed by atoms with Gasteiger partial charge in [-0.25, -0.2) is 4.98 Å². The van der Waals surface area contributed by atoms with Crippen molar-refractivity contribution in [3.63, 3.8) is 0 Å². The number of para-hydroxylation sites is 1. The SMILES string of the molecule is O=C(Nc1ccc(C(F)(F)F)cc1)c1csc(Nc2ccccc2C(F)(F)F)n1. The van der Waals surface area contributed by atoms with Gasteiger partial charge in [0.2, 0.25) is 0 Å². The minimum absolute atomic E-state index is 0.0549. The molecule has 3 aromatic rings. The second kappa shape index (κ2) is 7.74. The summed E-state index contributed by atoms with van der Waals surface area (Å²) in [6.07, 6.45) is -9.06. The number of thiazole rings is 1. The van der Waals surface area contributed by atoms with Crippen molar-refractivity contribution in [2.24, 2.45) is 0 Å². The largest absolute Gasteiger partial charge is 0.418 e. The van der Waals surface area contributed by atoms with Crippen LogP contribution in [-0.4, -0.2) is 10.9 Å². The summed E-state index contributed by atoms with van der Waals surface area (Å²) in [5.74, 6) is -0.710. The Morgan fingerprint density at radius 3 is 2.17 bits per heavy atom. The highest BCUT2D eigenvalue weighted by atomic mass is 32.1. The molecule has 2 aromatic carbocycles. The topological polar surface area (TPSA) is 54.0 Å². The number of nitrogens with zero attached hydrogens (tertiary/aromatic N) is 1. The molecule has 0 bridgehead atoms. The molecule has 0 fully saturated rings. The van der Waals surface area contributed by atoms with Crippen LogP contribution in [-0.2, 0) is 12.4 Å². The van der Waals surface area contributed by atoms with Gasteiger partial charge in [0.15, 0.2) is 5.13 Å². The van der Waals surface area contributed by atoms with Crippen molar-refractivity contribution in [2.45, 2.75) is 12.4 Å². The third-order valence-corrected chi connectivity index (χ3v) is 4.44. The van der Waals surface area contributed by atoms with Crippen molar-refractivity contribution in [3.8, 4) is 0 Å². The predicted octanol–water partition coefficient (Wildman–Crippen LogP) is 6.18. The van der Waals surface area contributed by atoms with Crippen LogP contribution in [0.3, 0.4) is 0 Å². The first kappa shape index (κ1) is 20.6. The monoisotopic (exact) mass is 431 g/mol. The van der Waals surface area contributed by atoms with E-state index in [9.17, 15) is 31.1 Å². The number of halogens is 6. The lowest BCUT2D eigenvalue weighted by atomic mass is 10.2. The molecule has 0 spiro atoms. The van der Waals surface area contributed by atoms with Gasteiger partial charge in [-0.1, -0.05) is 12.1 Å². The number of anilines is 3. The number of aromatic nitrogens is 1. The van der Waals surface area contributed by atoms with Crippen molar-refractivity contribution >= 4 is 33.8 Å². The van der Waals surface area contributed by atoms with E-state index in [1.54, 1.807) is 0 Å². The van der Waals surface area contributed by atoms with E-state index >= 15 is 0 Å². The molecule has 1 heterocycles. The lowest BCUT2D eigenvalue weighted by Gasteiger charge is -2.12. The molecule has 29 heavy (non-hydrogen) atoms. The van der Waals surface area contributed by atoms with Crippen molar-refractivity contribution in [1.29, 1.82) is 0 Å². The van der Waals surface area contributed by atoms with Gasteiger partial charge < -0.3 is 10.6 Å². The summed E-state index contributed by atoms with van der Waals surface area (Å²) >= 11 is 0.909. The Labute approximate surface area is 164 Å². The third-order valence-electron chi connectivity index (χ3n) is 3.68. The van der Waals surface area contributed by atoms with Gasteiger partial charge in [0.05, 0.1) is 16.8 Å². The van der Waals surface area contributed by atoms with Gasteiger partial charge in [0.25, 0.3) is 5.91 Å². The first-order valence-electron chi connectivity index (χ1n) is 7.91. The van der Waals surface area contributed by atoms with Crippen LogP contribution in [0.25, 0.3) is 0 Å². The molecule has 1 amide bonds. The van der Waals surface area contributed by atoms with Gasteiger partial charge in [0, 0.05) is 11.1 Å². The number of hydrogen-bond donors (Lipinski definition) is 2. The van der Waals surface area contributed by atoms with Gasteiger partial charge in [-0.3, -0.25) is 4.79 Å².